The number of nitrogens with one attached hydrogen (secondary N) is 1. The Bertz CT molecular complexity index is 460. The van der Waals surface area contributed by atoms with E-state index in [4.69, 9.17) is 11.6 Å². The summed E-state index contributed by atoms with van der Waals surface area (Å²) in [4.78, 5) is 11.9. The summed E-state index contributed by atoms with van der Waals surface area (Å²) in [7, 11) is 0. The average Bonchev–Trinajstić information content (AvgIpc) is 2.27. The van der Waals surface area contributed by atoms with E-state index in [9.17, 15) is 18.0 Å². The van der Waals surface area contributed by atoms with E-state index in [0.717, 1.165) is 12.5 Å². The van der Waals surface area contributed by atoms with Crippen LogP contribution in [0.15, 0.2) is 18.2 Å². The minimum Gasteiger partial charge on any atom is -0.350 e. The number of halogens is 4. The molecule has 106 valence electrons. The molecule has 6 heteroatoms. The van der Waals surface area contributed by atoms with Crippen LogP contribution in [0.3, 0.4) is 0 Å². The molecule has 1 aromatic carbocycles. The summed E-state index contributed by atoms with van der Waals surface area (Å²) in [6.07, 6.45) is -3.08. The third-order valence-corrected chi connectivity index (χ3v) is 2.96. The number of amides is 1. The minimum atomic E-state index is -4.61. The number of carbonyl (C=O) groups excluding carboxylic acids is 1. The van der Waals surface area contributed by atoms with Crippen molar-refractivity contribution in [3.8, 4) is 0 Å². The Morgan fingerprint density at radius 1 is 1.42 bits per heavy atom. The number of carbonyl (C=O) groups is 1. The molecule has 0 radical (unpaired) electrons. The molecule has 0 aliphatic rings. The van der Waals surface area contributed by atoms with E-state index in [0.29, 0.717) is 6.42 Å². The molecule has 0 aliphatic heterocycles. The summed E-state index contributed by atoms with van der Waals surface area (Å²) in [5.74, 6) is -0.793. The van der Waals surface area contributed by atoms with Crippen molar-refractivity contribution in [2.75, 3.05) is 0 Å². The van der Waals surface area contributed by atoms with Gasteiger partial charge in [-0.25, -0.2) is 0 Å². The van der Waals surface area contributed by atoms with Gasteiger partial charge in [0.1, 0.15) is 0 Å². The van der Waals surface area contributed by atoms with Gasteiger partial charge in [0.25, 0.3) is 5.91 Å². The third-order valence-electron chi connectivity index (χ3n) is 2.65. The number of hydrogen-bond donors (Lipinski definition) is 1. The van der Waals surface area contributed by atoms with Crippen LogP contribution in [0, 0.1) is 0 Å². The Balaban J connectivity index is 3.09. The fourth-order valence-electron chi connectivity index (χ4n) is 1.79. The van der Waals surface area contributed by atoms with Crippen molar-refractivity contribution in [3.63, 3.8) is 0 Å². The molecule has 1 N–H and O–H groups in total. The lowest BCUT2D eigenvalue weighted by Gasteiger charge is -2.17. The highest BCUT2D eigenvalue weighted by Crippen LogP contribution is 2.34. The predicted molar refractivity (Wildman–Crippen MR) is 68.3 cm³/mol. The molecule has 0 saturated carbocycles. The molecule has 1 aromatic rings. The Labute approximate surface area is 114 Å². The molecule has 1 atom stereocenters. The Kier molecular flexibility index (Phi) is 5.23. The summed E-state index contributed by atoms with van der Waals surface area (Å²) in [6, 6.07) is 3.11. The van der Waals surface area contributed by atoms with Crippen LogP contribution in [0.2, 0.25) is 5.02 Å². The predicted octanol–water partition coefficient (Wildman–Crippen LogP) is 4.28. The zero-order valence-electron chi connectivity index (χ0n) is 10.6. The zero-order chi connectivity index (χ0) is 14.6. The molecule has 0 bridgehead atoms. The second-order valence-electron chi connectivity index (χ2n) is 4.32. The van der Waals surface area contributed by atoms with E-state index in [1.54, 1.807) is 6.92 Å². The molecule has 19 heavy (non-hydrogen) atoms. The van der Waals surface area contributed by atoms with Crippen LogP contribution < -0.4 is 5.32 Å². The summed E-state index contributed by atoms with van der Waals surface area (Å²) in [5.41, 5.74) is -1.53. The van der Waals surface area contributed by atoms with Crippen LogP contribution in [0.4, 0.5) is 13.2 Å². The van der Waals surface area contributed by atoms with Gasteiger partial charge in [0.15, 0.2) is 0 Å². The van der Waals surface area contributed by atoms with E-state index < -0.39 is 23.2 Å². The molecule has 1 rings (SSSR count). The van der Waals surface area contributed by atoms with E-state index in [-0.39, 0.29) is 11.1 Å². The second-order valence-corrected chi connectivity index (χ2v) is 4.73. The molecule has 0 aromatic heterocycles. The monoisotopic (exact) mass is 293 g/mol. The molecule has 0 heterocycles. The van der Waals surface area contributed by atoms with Crippen LogP contribution >= 0.6 is 11.6 Å². The largest absolute Gasteiger partial charge is 0.417 e. The van der Waals surface area contributed by atoms with Gasteiger partial charge < -0.3 is 5.32 Å². The topological polar surface area (TPSA) is 29.1 Å². The van der Waals surface area contributed by atoms with Crippen LogP contribution in [0.25, 0.3) is 0 Å². The van der Waals surface area contributed by atoms with Crippen molar-refractivity contribution in [1.82, 2.24) is 5.32 Å². The molecular formula is C13H15ClF3NO. The van der Waals surface area contributed by atoms with Crippen LogP contribution in [-0.4, -0.2) is 11.9 Å². The first-order valence-electron chi connectivity index (χ1n) is 5.94. The van der Waals surface area contributed by atoms with Gasteiger partial charge in [-0.15, -0.1) is 0 Å². The van der Waals surface area contributed by atoms with E-state index in [1.807, 2.05) is 6.92 Å². The summed E-state index contributed by atoms with van der Waals surface area (Å²) in [5, 5.41) is 2.33. The molecule has 1 amide bonds. The lowest BCUT2D eigenvalue weighted by molar-refractivity contribution is -0.137. The Morgan fingerprint density at radius 3 is 2.58 bits per heavy atom. The number of alkyl halides is 3. The molecule has 0 saturated heterocycles. The van der Waals surface area contributed by atoms with E-state index >= 15 is 0 Å². The van der Waals surface area contributed by atoms with Crippen molar-refractivity contribution >= 4 is 17.5 Å². The maximum atomic E-state index is 12.8. The second kappa shape index (κ2) is 6.28. The first-order valence-corrected chi connectivity index (χ1v) is 6.31. The molecule has 2 nitrogen and oxygen atoms in total. The smallest absolute Gasteiger partial charge is 0.350 e. The lowest BCUT2D eigenvalue weighted by Crippen LogP contribution is -2.34. The number of rotatable bonds is 4. The molecule has 0 spiro atoms. The van der Waals surface area contributed by atoms with Crippen molar-refractivity contribution in [2.24, 2.45) is 0 Å². The highest BCUT2D eigenvalue weighted by molar-refractivity contribution is 6.34. The van der Waals surface area contributed by atoms with Crippen molar-refractivity contribution in [3.05, 3.63) is 34.3 Å². The zero-order valence-corrected chi connectivity index (χ0v) is 11.4. The SMILES string of the molecule is CCCC(C)NC(=O)c1c(Cl)cccc1C(F)(F)F. The fraction of sp³-hybridized carbons (Fsp3) is 0.462. The third kappa shape index (κ3) is 4.13. The van der Waals surface area contributed by atoms with E-state index in [1.165, 1.54) is 12.1 Å². The maximum Gasteiger partial charge on any atom is 0.417 e. The van der Waals surface area contributed by atoms with Gasteiger partial charge in [0, 0.05) is 6.04 Å². The van der Waals surface area contributed by atoms with Gasteiger partial charge in [-0.2, -0.15) is 13.2 Å². The van der Waals surface area contributed by atoms with Crippen LogP contribution in [0.5, 0.6) is 0 Å². The molecule has 1 unspecified atom stereocenters. The van der Waals surface area contributed by atoms with Gasteiger partial charge in [0.2, 0.25) is 0 Å². The van der Waals surface area contributed by atoms with Gasteiger partial charge in [0.05, 0.1) is 16.1 Å². The van der Waals surface area contributed by atoms with Crippen molar-refractivity contribution < 1.29 is 18.0 Å². The van der Waals surface area contributed by atoms with Crippen LogP contribution in [-0.2, 0) is 6.18 Å². The highest BCUT2D eigenvalue weighted by atomic mass is 35.5. The van der Waals surface area contributed by atoms with Crippen molar-refractivity contribution in [1.29, 1.82) is 0 Å². The number of hydrogen-bond acceptors (Lipinski definition) is 1. The minimum absolute atomic E-state index is 0.198. The highest BCUT2D eigenvalue weighted by Gasteiger charge is 2.36. The average molecular weight is 294 g/mol. The normalized spacial score (nSPS) is 13.2. The van der Waals surface area contributed by atoms with Gasteiger partial charge >= 0.3 is 6.18 Å². The van der Waals surface area contributed by atoms with Gasteiger partial charge in [-0.1, -0.05) is 31.0 Å². The standard InChI is InChI=1S/C13H15ClF3NO/c1-3-5-8(2)18-12(19)11-9(13(15,16)17)6-4-7-10(11)14/h4,6-8H,3,5H2,1-2H3,(H,18,19). The summed E-state index contributed by atoms with van der Waals surface area (Å²) >= 11 is 5.73. The number of benzene rings is 1. The van der Waals surface area contributed by atoms with Gasteiger partial charge in [-0.05, 0) is 25.5 Å². The summed E-state index contributed by atoms with van der Waals surface area (Å²) in [6.45, 7) is 3.67. The summed E-state index contributed by atoms with van der Waals surface area (Å²) < 4.78 is 38.5. The Hall–Kier alpha value is -1.23. The Morgan fingerprint density at radius 2 is 2.05 bits per heavy atom. The van der Waals surface area contributed by atoms with Crippen molar-refractivity contribution in [2.45, 2.75) is 38.9 Å². The maximum absolute atomic E-state index is 12.8. The quantitative estimate of drug-likeness (QED) is 0.882. The molecule has 0 fully saturated rings. The van der Waals surface area contributed by atoms with Crippen LogP contribution in [0.1, 0.15) is 42.6 Å². The van der Waals surface area contributed by atoms with E-state index in [2.05, 4.69) is 5.32 Å². The fourth-order valence-corrected chi connectivity index (χ4v) is 2.05. The lowest BCUT2D eigenvalue weighted by atomic mass is 10.1. The molecular weight excluding hydrogens is 279 g/mol. The molecule has 0 aliphatic carbocycles. The first-order chi connectivity index (χ1) is 8.77. The van der Waals surface area contributed by atoms with Gasteiger partial charge in [-0.3, -0.25) is 4.79 Å². The first kappa shape index (κ1) is 15.8.